The SMILES string of the molecule is C=C(C)CCC(=O)c1cncc(C)c1. The van der Waals surface area contributed by atoms with Crippen LogP contribution in [0.1, 0.15) is 35.7 Å². The minimum Gasteiger partial charge on any atom is -0.294 e. The number of hydrogen-bond acceptors (Lipinski definition) is 2. The maximum atomic E-state index is 11.6. The minimum absolute atomic E-state index is 0.143. The Hall–Kier alpha value is -1.44. The number of nitrogens with zero attached hydrogens (tertiary/aromatic N) is 1. The molecule has 0 aliphatic rings. The molecule has 1 aromatic rings. The van der Waals surface area contributed by atoms with Gasteiger partial charge >= 0.3 is 0 Å². The summed E-state index contributed by atoms with van der Waals surface area (Å²) in [6.07, 6.45) is 4.65. The Bertz CT molecular complexity index is 355. The number of pyridine rings is 1. The predicted octanol–water partition coefficient (Wildman–Crippen LogP) is 2.93. The zero-order chi connectivity index (χ0) is 10.6. The molecule has 0 aromatic carbocycles. The van der Waals surface area contributed by atoms with E-state index in [4.69, 9.17) is 0 Å². The highest BCUT2D eigenvalue weighted by Crippen LogP contribution is 2.09. The number of Topliss-reactive ketones (excluding diaryl/α,β-unsaturated/α-hetero) is 1. The van der Waals surface area contributed by atoms with Crippen molar-refractivity contribution in [1.29, 1.82) is 0 Å². The van der Waals surface area contributed by atoms with Crippen molar-refractivity contribution in [2.75, 3.05) is 0 Å². The van der Waals surface area contributed by atoms with Crippen molar-refractivity contribution in [3.63, 3.8) is 0 Å². The van der Waals surface area contributed by atoms with Gasteiger partial charge in [0.1, 0.15) is 0 Å². The van der Waals surface area contributed by atoms with Crippen molar-refractivity contribution in [2.45, 2.75) is 26.7 Å². The molecule has 0 fully saturated rings. The van der Waals surface area contributed by atoms with Gasteiger partial charge in [0.15, 0.2) is 5.78 Å². The van der Waals surface area contributed by atoms with Crippen molar-refractivity contribution in [1.82, 2.24) is 4.98 Å². The molecule has 0 spiro atoms. The van der Waals surface area contributed by atoms with Crippen molar-refractivity contribution in [3.8, 4) is 0 Å². The molecule has 0 saturated heterocycles. The molecule has 0 radical (unpaired) electrons. The summed E-state index contributed by atoms with van der Waals surface area (Å²) in [6.45, 7) is 7.64. The van der Waals surface area contributed by atoms with E-state index in [1.165, 1.54) is 0 Å². The van der Waals surface area contributed by atoms with E-state index in [1.54, 1.807) is 12.4 Å². The molecule has 0 aliphatic carbocycles. The molecule has 1 heterocycles. The number of allylic oxidation sites excluding steroid dienone is 1. The Morgan fingerprint density at radius 3 is 2.71 bits per heavy atom. The van der Waals surface area contributed by atoms with Gasteiger partial charge in [0, 0.05) is 24.4 Å². The average molecular weight is 189 g/mol. The van der Waals surface area contributed by atoms with E-state index in [0.29, 0.717) is 12.0 Å². The highest BCUT2D eigenvalue weighted by Gasteiger charge is 2.05. The van der Waals surface area contributed by atoms with Gasteiger partial charge in [0.2, 0.25) is 0 Å². The van der Waals surface area contributed by atoms with E-state index >= 15 is 0 Å². The maximum absolute atomic E-state index is 11.6. The summed E-state index contributed by atoms with van der Waals surface area (Å²) in [5.74, 6) is 0.143. The van der Waals surface area contributed by atoms with E-state index in [-0.39, 0.29) is 5.78 Å². The predicted molar refractivity (Wildman–Crippen MR) is 57.4 cm³/mol. The monoisotopic (exact) mass is 189 g/mol. The number of rotatable bonds is 4. The van der Waals surface area contributed by atoms with Crippen LogP contribution in [-0.4, -0.2) is 10.8 Å². The van der Waals surface area contributed by atoms with Crippen LogP contribution in [0.2, 0.25) is 0 Å². The van der Waals surface area contributed by atoms with Gasteiger partial charge in [-0.05, 0) is 31.9 Å². The van der Waals surface area contributed by atoms with Crippen LogP contribution in [0.4, 0.5) is 0 Å². The Balaban J connectivity index is 2.65. The summed E-state index contributed by atoms with van der Waals surface area (Å²) in [6, 6.07) is 1.87. The van der Waals surface area contributed by atoms with Crippen molar-refractivity contribution < 1.29 is 4.79 Å². The van der Waals surface area contributed by atoms with Gasteiger partial charge in [-0.15, -0.1) is 6.58 Å². The Labute approximate surface area is 84.7 Å². The van der Waals surface area contributed by atoms with E-state index in [9.17, 15) is 4.79 Å². The fourth-order valence-corrected chi connectivity index (χ4v) is 1.18. The van der Waals surface area contributed by atoms with Crippen LogP contribution >= 0.6 is 0 Å². The summed E-state index contributed by atoms with van der Waals surface area (Å²) in [5.41, 5.74) is 2.76. The zero-order valence-electron chi connectivity index (χ0n) is 8.71. The quantitative estimate of drug-likeness (QED) is 0.538. The molecule has 0 N–H and O–H groups in total. The summed E-state index contributed by atoms with van der Waals surface area (Å²) >= 11 is 0. The lowest BCUT2D eigenvalue weighted by molar-refractivity contribution is 0.0982. The maximum Gasteiger partial charge on any atom is 0.164 e. The first kappa shape index (κ1) is 10.6. The number of aryl methyl sites for hydroxylation is 1. The van der Waals surface area contributed by atoms with Gasteiger partial charge in [-0.2, -0.15) is 0 Å². The Kier molecular flexibility index (Phi) is 3.57. The standard InChI is InChI=1S/C12H15NO/c1-9(2)4-5-12(14)11-6-10(3)7-13-8-11/h6-8H,1,4-5H2,2-3H3. The lowest BCUT2D eigenvalue weighted by Crippen LogP contribution is -2.00. The summed E-state index contributed by atoms with van der Waals surface area (Å²) in [7, 11) is 0. The summed E-state index contributed by atoms with van der Waals surface area (Å²) < 4.78 is 0. The second-order valence-electron chi connectivity index (χ2n) is 3.63. The highest BCUT2D eigenvalue weighted by molar-refractivity contribution is 5.95. The van der Waals surface area contributed by atoms with Crippen LogP contribution in [0.15, 0.2) is 30.6 Å². The minimum atomic E-state index is 0.143. The molecule has 0 atom stereocenters. The van der Waals surface area contributed by atoms with Gasteiger partial charge in [-0.25, -0.2) is 0 Å². The first-order valence-electron chi connectivity index (χ1n) is 4.69. The number of carbonyl (C=O) groups is 1. The molecule has 1 aromatic heterocycles. The van der Waals surface area contributed by atoms with Crippen LogP contribution in [0.25, 0.3) is 0 Å². The van der Waals surface area contributed by atoms with Crippen LogP contribution in [0.3, 0.4) is 0 Å². The molecule has 0 saturated carbocycles. The van der Waals surface area contributed by atoms with Crippen molar-refractivity contribution in [2.24, 2.45) is 0 Å². The van der Waals surface area contributed by atoms with Gasteiger partial charge < -0.3 is 0 Å². The number of hydrogen-bond donors (Lipinski definition) is 0. The third-order valence-corrected chi connectivity index (χ3v) is 1.98. The van der Waals surface area contributed by atoms with Gasteiger partial charge in [0.25, 0.3) is 0 Å². The molecule has 0 unspecified atom stereocenters. The summed E-state index contributed by atoms with van der Waals surface area (Å²) in [5, 5.41) is 0. The second-order valence-corrected chi connectivity index (χ2v) is 3.63. The van der Waals surface area contributed by atoms with Crippen molar-refractivity contribution in [3.05, 3.63) is 41.7 Å². The molecule has 0 bridgehead atoms. The molecule has 74 valence electrons. The third-order valence-electron chi connectivity index (χ3n) is 1.98. The first-order valence-corrected chi connectivity index (χ1v) is 4.69. The largest absolute Gasteiger partial charge is 0.294 e. The number of ketones is 1. The lowest BCUT2D eigenvalue weighted by Gasteiger charge is -2.01. The molecular formula is C12H15NO. The normalized spacial score (nSPS) is 9.86. The fraction of sp³-hybridized carbons (Fsp3) is 0.333. The molecular weight excluding hydrogens is 174 g/mol. The lowest BCUT2D eigenvalue weighted by atomic mass is 10.1. The molecule has 0 amide bonds. The van der Waals surface area contributed by atoms with E-state index in [2.05, 4.69) is 11.6 Å². The van der Waals surface area contributed by atoms with Crippen LogP contribution < -0.4 is 0 Å². The number of carbonyl (C=O) groups excluding carboxylic acids is 1. The molecule has 0 aliphatic heterocycles. The van der Waals surface area contributed by atoms with E-state index < -0.39 is 0 Å². The first-order chi connectivity index (χ1) is 6.59. The molecule has 2 nitrogen and oxygen atoms in total. The van der Waals surface area contributed by atoms with Crippen molar-refractivity contribution >= 4 is 5.78 Å². The fourth-order valence-electron chi connectivity index (χ4n) is 1.18. The molecule has 1 rings (SSSR count). The Morgan fingerprint density at radius 2 is 2.14 bits per heavy atom. The smallest absolute Gasteiger partial charge is 0.164 e. The van der Waals surface area contributed by atoms with Gasteiger partial charge in [0.05, 0.1) is 0 Å². The number of aromatic nitrogens is 1. The molecule has 14 heavy (non-hydrogen) atoms. The highest BCUT2D eigenvalue weighted by atomic mass is 16.1. The summed E-state index contributed by atoms with van der Waals surface area (Å²) in [4.78, 5) is 15.6. The average Bonchev–Trinajstić information content (AvgIpc) is 2.14. The van der Waals surface area contributed by atoms with E-state index in [1.807, 2.05) is 19.9 Å². The van der Waals surface area contributed by atoms with Crippen LogP contribution in [0, 0.1) is 6.92 Å². The zero-order valence-corrected chi connectivity index (χ0v) is 8.71. The topological polar surface area (TPSA) is 30.0 Å². The van der Waals surface area contributed by atoms with E-state index in [0.717, 1.165) is 17.6 Å². The van der Waals surface area contributed by atoms with Gasteiger partial charge in [-0.3, -0.25) is 9.78 Å². The third kappa shape index (κ3) is 3.13. The van der Waals surface area contributed by atoms with Crippen LogP contribution in [-0.2, 0) is 0 Å². The van der Waals surface area contributed by atoms with Crippen LogP contribution in [0.5, 0.6) is 0 Å². The second kappa shape index (κ2) is 4.70. The van der Waals surface area contributed by atoms with Gasteiger partial charge in [-0.1, -0.05) is 5.57 Å². The molecule has 2 heteroatoms. The Morgan fingerprint density at radius 1 is 1.43 bits per heavy atom.